The fourth-order valence-electron chi connectivity index (χ4n) is 5.74. The molecule has 0 fully saturated rings. The Hall–Kier alpha value is -4.06. The largest absolute Gasteiger partial charge is 0.493 e. The SMILES string of the molecule is CC[C@H](C)COc1cc(/C=C/c2cc(OC[C@@H](C)CC)c(/C=C/c3cc(OC[C@@H](C)CC)c(C)cc3OC[C@@H](C)CC)cc2OC[C@@H](C)CC)c(OC[C@@H](C)CC)cc1C. The summed E-state index contributed by atoms with van der Waals surface area (Å²) in [6, 6.07) is 12.8. The van der Waals surface area contributed by atoms with Gasteiger partial charge in [-0.25, -0.2) is 0 Å². The zero-order chi connectivity index (χ0) is 44.2. The maximum Gasteiger partial charge on any atom is 0.127 e. The van der Waals surface area contributed by atoms with Crippen LogP contribution in [0.25, 0.3) is 24.3 Å². The van der Waals surface area contributed by atoms with Gasteiger partial charge in [-0.1, -0.05) is 146 Å². The van der Waals surface area contributed by atoms with E-state index in [0.29, 0.717) is 75.1 Å². The van der Waals surface area contributed by atoms with Gasteiger partial charge in [0.25, 0.3) is 0 Å². The van der Waals surface area contributed by atoms with Gasteiger partial charge in [0.1, 0.15) is 34.5 Å². The smallest absolute Gasteiger partial charge is 0.127 e. The van der Waals surface area contributed by atoms with E-state index in [1.165, 1.54) is 0 Å². The second-order valence-electron chi connectivity index (χ2n) is 17.9. The topological polar surface area (TPSA) is 55.4 Å². The molecule has 0 aliphatic carbocycles. The van der Waals surface area contributed by atoms with Crippen LogP contribution in [0.3, 0.4) is 0 Å². The summed E-state index contributed by atoms with van der Waals surface area (Å²) in [5.74, 6) is 7.71. The maximum atomic E-state index is 6.68. The summed E-state index contributed by atoms with van der Waals surface area (Å²) in [6.45, 7) is 34.6. The van der Waals surface area contributed by atoms with Crippen LogP contribution in [-0.4, -0.2) is 39.6 Å². The number of ether oxygens (including phenoxy) is 6. The normalized spacial score (nSPS) is 14.8. The van der Waals surface area contributed by atoms with Crippen molar-refractivity contribution in [2.75, 3.05) is 39.6 Å². The van der Waals surface area contributed by atoms with Crippen molar-refractivity contribution < 1.29 is 28.4 Å². The molecule has 0 radical (unpaired) electrons. The van der Waals surface area contributed by atoms with Crippen molar-refractivity contribution in [3.8, 4) is 34.5 Å². The van der Waals surface area contributed by atoms with Gasteiger partial charge in [0.2, 0.25) is 0 Å². The van der Waals surface area contributed by atoms with Crippen molar-refractivity contribution in [3.05, 3.63) is 69.8 Å². The summed E-state index contributed by atoms with van der Waals surface area (Å²) in [7, 11) is 0. The Morgan fingerprint density at radius 3 is 0.717 bits per heavy atom. The van der Waals surface area contributed by atoms with E-state index in [1.54, 1.807) is 0 Å². The van der Waals surface area contributed by atoms with E-state index in [2.05, 4.69) is 158 Å². The van der Waals surface area contributed by atoms with E-state index in [4.69, 9.17) is 28.4 Å². The first-order valence-corrected chi connectivity index (χ1v) is 23.3. The van der Waals surface area contributed by atoms with E-state index in [1.807, 2.05) is 0 Å². The van der Waals surface area contributed by atoms with Crippen LogP contribution in [0.5, 0.6) is 34.5 Å². The minimum absolute atomic E-state index is 0.400. The lowest BCUT2D eigenvalue weighted by Crippen LogP contribution is -2.10. The number of hydrogen-bond donors (Lipinski definition) is 0. The van der Waals surface area contributed by atoms with Crippen molar-refractivity contribution in [1.82, 2.24) is 0 Å². The van der Waals surface area contributed by atoms with Gasteiger partial charge >= 0.3 is 0 Å². The molecule has 3 rings (SSSR count). The highest BCUT2D eigenvalue weighted by Gasteiger charge is 2.16. The molecule has 334 valence electrons. The average molecular weight is 827 g/mol. The Kier molecular flexibility index (Phi) is 22.1. The highest BCUT2D eigenvalue weighted by molar-refractivity contribution is 5.81. The first-order valence-electron chi connectivity index (χ1n) is 23.3. The third kappa shape index (κ3) is 16.4. The fourth-order valence-corrected chi connectivity index (χ4v) is 5.74. The van der Waals surface area contributed by atoms with Crippen LogP contribution in [0.4, 0.5) is 0 Å². The Labute approximate surface area is 366 Å². The lowest BCUT2D eigenvalue weighted by Gasteiger charge is -2.19. The molecule has 0 unspecified atom stereocenters. The molecular weight excluding hydrogens is 745 g/mol. The van der Waals surface area contributed by atoms with Gasteiger partial charge in [-0.15, -0.1) is 0 Å². The van der Waals surface area contributed by atoms with Crippen LogP contribution < -0.4 is 28.4 Å². The molecule has 0 N–H and O–H groups in total. The molecule has 6 atom stereocenters. The molecule has 0 aliphatic heterocycles. The van der Waals surface area contributed by atoms with Gasteiger partial charge in [-0.05, 0) is 96.9 Å². The van der Waals surface area contributed by atoms with Crippen molar-refractivity contribution in [3.63, 3.8) is 0 Å². The highest BCUT2D eigenvalue weighted by Crippen LogP contribution is 2.37. The summed E-state index contributed by atoms with van der Waals surface area (Å²) in [5.41, 5.74) is 5.97. The number of benzene rings is 3. The van der Waals surface area contributed by atoms with Gasteiger partial charge in [-0.2, -0.15) is 0 Å². The number of rotatable bonds is 28. The molecule has 0 aromatic heterocycles. The lowest BCUT2D eigenvalue weighted by atomic mass is 10.0. The van der Waals surface area contributed by atoms with Crippen molar-refractivity contribution in [2.45, 2.75) is 135 Å². The lowest BCUT2D eigenvalue weighted by molar-refractivity contribution is 0.248. The van der Waals surface area contributed by atoms with Crippen LogP contribution in [0.1, 0.15) is 155 Å². The van der Waals surface area contributed by atoms with Gasteiger partial charge in [0, 0.05) is 22.3 Å². The van der Waals surface area contributed by atoms with E-state index < -0.39 is 0 Å². The van der Waals surface area contributed by atoms with Crippen LogP contribution in [0.15, 0.2) is 36.4 Å². The Morgan fingerprint density at radius 2 is 0.500 bits per heavy atom. The molecule has 0 aliphatic rings. The van der Waals surface area contributed by atoms with Crippen molar-refractivity contribution in [2.24, 2.45) is 35.5 Å². The number of aryl methyl sites for hydroxylation is 2. The predicted octanol–water partition coefficient (Wildman–Crippen LogP) is 15.2. The molecule has 60 heavy (non-hydrogen) atoms. The average Bonchev–Trinajstić information content (AvgIpc) is 3.26. The van der Waals surface area contributed by atoms with Gasteiger partial charge in [-0.3, -0.25) is 0 Å². The Morgan fingerprint density at radius 1 is 0.317 bits per heavy atom. The van der Waals surface area contributed by atoms with Gasteiger partial charge in [0.05, 0.1) is 39.6 Å². The first kappa shape index (κ1) is 50.3. The molecule has 0 saturated carbocycles. The molecule has 3 aromatic rings. The van der Waals surface area contributed by atoms with Crippen LogP contribution >= 0.6 is 0 Å². The summed E-state index contributed by atoms with van der Waals surface area (Å²) < 4.78 is 39.1. The summed E-state index contributed by atoms with van der Waals surface area (Å²) in [4.78, 5) is 0. The summed E-state index contributed by atoms with van der Waals surface area (Å²) >= 11 is 0. The van der Waals surface area contributed by atoms with Crippen molar-refractivity contribution >= 4 is 24.3 Å². The molecule has 0 amide bonds. The molecule has 6 nitrogen and oxygen atoms in total. The molecular formula is C54H82O6. The Bertz CT molecular complexity index is 1650. The summed E-state index contributed by atoms with van der Waals surface area (Å²) in [6.07, 6.45) is 14.8. The summed E-state index contributed by atoms with van der Waals surface area (Å²) in [5, 5.41) is 0. The molecule has 0 heterocycles. The second kappa shape index (κ2) is 26.3. The second-order valence-corrected chi connectivity index (χ2v) is 17.9. The molecule has 6 heteroatoms. The first-order chi connectivity index (χ1) is 28.7. The quantitative estimate of drug-likeness (QED) is 0.0680. The molecule has 0 bridgehead atoms. The maximum absolute atomic E-state index is 6.68. The van der Waals surface area contributed by atoms with Crippen LogP contribution in [0, 0.1) is 49.4 Å². The van der Waals surface area contributed by atoms with E-state index in [9.17, 15) is 0 Å². The minimum Gasteiger partial charge on any atom is -0.493 e. The monoisotopic (exact) mass is 827 g/mol. The van der Waals surface area contributed by atoms with Gasteiger partial charge in [0.15, 0.2) is 0 Å². The standard InChI is InChI=1S/C54H82O6/c1-15-37(7)31-55-49-27-45(51(25-43(49)13)57-33-39(9)17-3)21-23-47-29-54(60-36-42(12)20-6)48(30-53(47)59-35-41(11)19-5)24-22-46-28-50(56-32-38(8)16-2)44(14)26-52(46)58-34-40(10)18-4/h21-30,37-42H,15-20,31-36H2,1-14H3/b23-21+,24-22+/t37-,38-,39-,40-,41-,42-/m0/s1. The van der Waals surface area contributed by atoms with Crippen molar-refractivity contribution in [1.29, 1.82) is 0 Å². The molecule has 0 spiro atoms. The molecule has 0 saturated heterocycles. The van der Waals surface area contributed by atoms with Gasteiger partial charge < -0.3 is 28.4 Å². The Balaban J connectivity index is 2.22. The highest BCUT2D eigenvalue weighted by atomic mass is 16.5. The zero-order valence-corrected chi connectivity index (χ0v) is 40.2. The van der Waals surface area contributed by atoms with E-state index >= 15 is 0 Å². The molecule has 3 aromatic carbocycles. The van der Waals surface area contributed by atoms with Crippen LogP contribution in [0.2, 0.25) is 0 Å². The van der Waals surface area contributed by atoms with Crippen LogP contribution in [-0.2, 0) is 0 Å². The number of hydrogen-bond acceptors (Lipinski definition) is 6. The third-order valence-electron chi connectivity index (χ3n) is 12.0. The minimum atomic E-state index is 0.400. The zero-order valence-electron chi connectivity index (χ0n) is 40.2. The predicted molar refractivity (Wildman–Crippen MR) is 256 cm³/mol. The fraction of sp³-hybridized carbons (Fsp3) is 0.593. The third-order valence-corrected chi connectivity index (χ3v) is 12.0. The van der Waals surface area contributed by atoms with E-state index in [0.717, 1.165) is 106 Å². The van der Waals surface area contributed by atoms with E-state index in [-0.39, 0.29) is 0 Å².